The van der Waals surface area contributed by atoms with E-state index >= 15 is 0 Å². The molecule has 2 heterocycles. The molecule has 13 heavy (non-hydrogen) atoms. The SMILES string of the molecule is CC(C)C1=NCCCc2sccc21. The first-order valence-electron chi connectivity index (χ1n) is 4.90. The van der Waals surface area contributed by atoms with Gasteiger partial charge in [0.05, 0.1) is 0 Å². The van der Waals surface area contributed by atoms with Gasteiger partial charge in [-0.3, -0.25) is 4.99 Å². The number of aliphatic imine (C=N–C) groups is 1. The lowest BCUT2D eigenvalue weighted by Gasteiger charge is -2.08. The van der Waals surface area contributed by atoms with Crippen LogP contribution < -0.4 is 0 Å². The summed E-state index contributed by atoms with van der Waals surface area (Å²) in [6, 6.07) is 2.23. The van der Waals surface area contributed by atoms with Gasteiger partial charge in [-0.1, -0.05) is 13.8 Å². The van der Waals surface area contributed by atoms with E-state index in [0.717, 1.165) is 6.54 Å². The van der Waals surface area contributed by atoms with E-state index in [0.29, 0.717) is 5.92 Å². The fourth-order valence-electron chi connectivity index (χ4n) is 1.78. The van der Waals surface area contributed by atoms with Gasteiger partial charge in [0.15, 0.2) is 0 Å². The summed E-state index contributed by atoms with van der Waals surface area (Å²) in [6.45, 7) is 5.46. The standard InChI is InChI=1S/C11H15NS/c1-8(2)11-9-5-7-13-10(9)4-3-6-12-11/h5,7-8H,3-4,6H2,1-2H3. The topological polar surface area (TPSA) is 12.4 Å². The Balaban J connectivity index is 2.43. The maximum atomic E-state index is 4.66. The molecule has 2 heteroatoms. The Bertz CT molecular complexity index is 323. The molecule has 1 aromatic heterocycles. The second-order valence-corrected chi connectivity index (χ2v) is 4.78. The van der Waals surface area contributed by atoms with Gasteiger partial charge in [-0.15, -0.1) is 11.3 Å². The highest BCUT2D eigenvalue weighted by molar-refractivity contribution is 7.10. The summed E-state index contributed by atoms with van der Waals surface area (Å²) in [6.07, 6.45) is 2.43. The molecular weight excluding hydrogens is 178 g/mol. The molecule has 2 rings (SSSR count). The van der Waals surface area contributed by atoms with Crippen molar-refractivity contribution in [3.8, 4) is 0 Å². The Kier molecular flexibility index (Phi) is 2.49. The van der Waals surface area contributed by atoms with Crippen LogP contribution in [-0.2, 0) is 6.42 Å². The Morgan fingerprint density at radius 1 is 1.46 bits per heavy atom. The van der Waals surface area contributed by atoms with E-state index in [-0.39, 0.29) is 0 Å². The molecule has 1 aliphatic rings. The highest BCUT2D eigenvalue weighted by Crippen LogP contribution is 2.24. The predicted octanol–water partition coefficient (Wildman–Crippen LogP) is 3.14. The van der Waals surface area contributed by atoms with Gasteiger partial charge in [0.25, 0.3) is 0 Å². The molecular formula is C11H15NS. The van der Waals surface area contributed by atoms with Gasteiger partial charge in [0.1, 0.15) is 0 Å². The smallest absolute Gasteiger partial charge is 0.0457 e. The van der Waals surface area contributed by atoms with Gasteiger partial charge in [0, 0.05) is 22.7 Å². The van der Waals surface area contributed by atoms with E-state index in [9.17, 15) is 0 Å². The summed E-state index contributed by atoms with van der Waals surface area (Å²) in [4.78, 5) is 6.19. The Hall–Kier alpha value is -0.630. The van der Waals surface area contributed by atoms with Crippen LogP contribution >= 0.6 is 11.3 Å². The third-order valence-corrected chi connectivity index (χ3v) is 3.39. The van der Waals surface area contributed by atoms with Crippen molar-refractivity contribution in [1.29, 1.82) is 0 Å². The van der Waals surface area contributed by atoms with Crippen LogP contribution in [0.4, 0.5) is 0 Å². The number of aryl methyl sites for hydroxylation is 1. The van der Waals surface area contributed by atoms with E-state index < -0.39 is 0 Å². The van der Waals surface area contributed by atoms with Gasteiger partial charge in [-0.2, -0.15) is 0 Å². The summed E-state index contributed by atoms with van der Waals surface area (Å²) in [5.74, 6) is 0.562. The molecule has 0 radical (unpaired) electrons. The van der Waals surface area contributed by atoms with Crippen LogP contribution in [0.15, 0.2) is 16.4 Å². The quantitative estimate of drug-likeness (QED) is 0.649. The normalized spacial score (nSPS) is 16.7. The van der Waals surface area contributed by atoms with Crippen molar-refractivity contribution in [2.45, 2.75) is 26.7 Å². The maximum Gasteiger partial charge on any atom is 0.0457 e. The molecule has 0 bridgehead atoms. The number of hydrogen-bond donors (Lipinski definition) is 0. The highest BCUT2D eigenvalue weighted by Gasteiger charge is 2.15. The van der Waals surface area contributed by atoms with E-state index in [1.54, 1.807) is 0 Å². The molecule has 0 atom stereocenters. The van der Waals surface area contributed by atoms with Gasteiger partial charge < -0.3 is 0 Å². The molecule has 0 unspecified atom stereocenters. The van der Waals surface area contributed by atoms with Crippen molar-refractivity contribution in [3.05, 3.63) is 21.9 Å². The third kappa shape index (κ3) is 1.68. The van der Waals surface area contributed by atoms with Crippen LogP contribution in [0.1, 0.15) is 30.7 Å². The van der Waals surface area contributed by atoms with E-state index in [1.807, 2.05) is 11.3 Å². The summed E-state index contributed by atoms with van der Waals surface area (Å²) in [7, 11) is 0. The largest absolute Gasteiger partial charge is 0.289 e. The van der Waals surface area contributed by atoms with Crippen molar-refractivity contribution < 1.29 is 0 Å². The predicted molar refractivity (Wildman–Crippen MR) is 58.9 cm³/mol. The molecule has 1 nitrogen and oxygen atoms in total. The van der Waals surface area contributed by atoms with Crippen LogP contribution in [-0.4, -0.2) is 12.3 Å². The highest BCUT2D eigenvalue weighted by atomic mass is 32.1. The van der Waals surface area contributed by atoms with Crippen LogP contribution in [0, 0.1) is 5.92 Å². The van der Waals surface area contributed by atoms with Crippen molar-refractivity contribution in [3.63, 3.8) is 0 Å². The second-order valence-electron chi connectivity index (χ2n) is 3.78. The van der Waals surface area contributed by atoms with E-state index in [2.05, 4.69) is 30.3 Å². The minimum Gasteiger partial charge on any atom is -0.289 e. The van der Waals surface area contributed by atoms with Crippen LogP contribution in [0.3, 0.4) is 0 Å². The van der Waals surface area contributed by atoms with Gasteiger partial charge in [0.2, 0.25) is 0 Å². The Morgan fingerprint density at radius 2 is 2.31 bits per heavy atom. The summed E-state index contributed by atoms with van der Waals surface area (Å²) in [5, 5.41) is 2.19. The van der Waals surface area contributed by atoms with Crippen molar-refractivity contribution in [2.75, 3.05) is 6.54 Å². The average molecular weight is 193 g/mol. The monoisotopic (exact) mass is 193 g/mol. The fraction of sp³-hybridized carbons (Fsp3) is 0.545. The van der Waals surface area contributed by atoms with Crippen molar-refractivity contribution in [1.82, 2.24) is 0 Å². The molecule has 0 aromatic carbocycles. The average Bonchev–Trinajstić information content (AvgIpc) is 2.44. The molecule has 0 saturated heterocycles. The fourth-order valence-corrected chi connectivity index (χ4v) is 2.71. The van der Waals surface area contributed by atoms with Crippen LogP contribution in [0.2, 0.25) is 0 Å². The Morgan fingerprint density at radius 3 is 3.08 bits per heavy atom. The lowest BCUT2D eigenvalue weighted by molar-refractivity contribution is 0.836. The minimum absolute atomic E-state index is 0.562. The summed E-state index contributed by atoms with van der Waals surface area (Å²) < 4.78 is 0. The minimum atomic E-state index is 0.562. The molecule has 0 fully saturated rings. The molecule has 0 spiro atoms. The van der Waals surface area contributed by atoms with Crippen molar-refractivity contribution >= 4 is 17.0 Å². The number of fused-ring (bicyclic) bond motifs is 1. The van der Waals surface area contributed by atoms with Gasteiger partial charge >= 0.3 is 0 Å². The summed E-state index contributed by atoms with van der Waals surface area (Å²) >= 11 is 1.88. The summed E-state index contributed by atoms with van der Waals surface area (Å²) in [5.41, 5.74) is 2.73. The van der Waals surface area contributed by atoms with E-state index in [4.69, 9.17) is 0 Å². The maximum absolute atomic E-state index is 4.66. The number of thiophene rings is 1. The number of hydrogen-bond acceptors (Lipinski definition) is 2. The number of nitrogens with zero attached hydrogens (tertiary/aromatic N) is 1. The molecule has 70 valence electrons. The molecule has 0 aliphatic carbocycles. The second kappa shape index (κ2) is 3.62. The molecule has 0 N–H and O–H groups in total. The molecule has 0 saturated carbocycles. The zero-order chi connectivity index (χ0) is 9.26. The first kappa shape index (κ1) is 8.95. The third-order valence-electron chi connectivity index (χ3n) is 2.41. The lowest BCUT2D eigenvalue weighted by atomic mass is 10.0. The number of rotatable bonds is 1. The first-order chi connectivity index (χ1) is 6.29. The van der Waals surface area contributed by atoms with Crippen molar-refractivity contribution in [2.24, 2.45) is 10.9 Å². The van der Waals surface area contributed by atoms with Crippen LogP contribution in [0.25, 0.3) is 0 Å². The lowest BCUT2D eigenvalue weighted by Crippen LogP contribution is -2.09. The zero-order valence-electron chi connectivity index (χ0n) is 8.21. The van der Waals surface area contributed by atoms with Crippen LogP contribution in [0.5, 0.6) is 0 Å². The molecule has 1 aromatic rings. The zero-order valence-corrected chi connectivity index (χ0v) is 9.03. The van der Waals surface area contributed by atoms with E-state index in [1.165, 1.54) is 29.0 Å². The molecule has 0 amide bonds. The first-order valence-corrected chi connectivity index (χ1v) is 5.78. The molecule has 1 aliphatic heterocycles. The Labute approximate surface area is 83.5 Å². The van der Waals surface area contributed by atoms with Gasteiger partial charge in [-0.25, -0.2) is 0 Å². The van der Waals surface area contributed by atoms with Gasteiger partial charge in [-0.05, 0) is 30.2 Å².